The van der Waals surface area contributed by atoms with Crippen LogP contribution in [0.2, 0.25) is 10.0 Å². The van der Waals surface area contributed by atoms with Crippen LogP contribution in [0.4, 0.5) is 16.2 Å². The van der Waals surface area contributed by atoms with Crippen molar-refractivity contribution in [2.45, 2.75) is 0 Å². The summed E-state index contributed by atoms with van der Waals surface area (Å²) < 4.78 is 0. The summed E-state index contributed by atoms with van der Waals surface area (Å²) in [7, 11) is 0. The van der Waals surface area contributed by atoms with Gasteiger partial charge in [-0.25, -0.2) is 4.79 Å². The fourth-order valence-corrected chi connectivity index (χ4v) is 2.83. The number of benzene rings is 2. The number of anilines is 2. The first-order valence-electron chi connectivity index (χ1n) is 7.40. The Hall–Kier alpha value is -2.24. The van der Waals surface area contributed by atoms with Crippen LogP contribution in [0.25, 0.3) is 0 Å². The average molecular weight is 364 g/mol. The van der Waals surface area contributed by atoms with Crippen molar-refractivity contribution in [3.05, 3.63) is 58.6 Å². The van der Waals surface area contributed by atoms with Gasteiger partial charge in [-0.05, 0) is 42.5 Å². The summed E-state index contributed by atoms with van der Waals surface area (Å²) in [5.74, 6) is -0.251. The molecule has 1 N–H and O–H groups in total. The molecule has 0 aromatic heterocycles. The zero-order chi connectivity index (χ0) is 17.1. The first kappa shape index (κ1) is 16.6. The third-order valence-corrected chi connectivity index (χ3v) is 4.16. The van der Waals surface area contributed by atoms with E-state index in [1.54, 1.807) is 47.4 Å². The van der Waals surface area contributed by atoms with Crippen LogP contribution in [0.1, 0.15) is 0 Å². The Kier molecular flexibility index (Phi) is 4.92. The molecule has 5 nitrogen and oxygen atoms in total. The van der Waals surface area contributed by atoms with Crippen LogP contribution < -0.4 is 10.2 Å². The van der Waals surface area contributed by atoms with Gasteiger partial charge in [0.2, 0.25) is 5.91 Å². The van der Waals surface area contributed by atoms with Crippen molar-refractivity contribution in [2.75, 3.05) is 29.9 Å². The maximum atomic E-state index is 12.5. The number of amides is 3. The Bertz CT molecular complexity index is 765. The van der Waals surface area contributed by atoms with Gasteiger partial charge in [0.1, 0.15) is 6.54 Å². The minimum absolute atomic E-state index is 0.00146. The molecule has 1 saturated heterocycles. The molecular formula is C17H15Cl2N3O2. The maximum absolute atomic E-state index is 12.5. The minimum Gasteiger partial charge on any atom is -0.325 e. The van der Waals surface area contributed by atoms with E-state index < -0.39 is 0 Å². The van der Waals surface area contributed by atoms with Crippen molar-refractivity contribution in [1.29, 1.82) is 0 Å². The first-order valence-corrected chi connectivity index (χ1v) is 8.16. The summed E-state index contributed by atoms with van der Waals surface area (Å²) in [6, 6.07) is 13.7. The average Bonchev–Trinajstić information content (AvgIpc) is 2.90. The lowest BCUT2D eigenvalue weighted by Crippen LogP contribution is -2.37. The van der Waals surface area contributed by atoms with E-state index in [-0.39, 0.29) is 18.5 Å². The molecule has 7 heteroatoms. The molecule has 0 spiro atoms. The summed E-state index contributed by atoms with van der Waals surface area (Å²) >= 11 is 11.8. The second-order valence-electron chi connectivity index (χ2n) is 5.39. The minimum atomic E-state index is -0.251. The van der Waals surface area contributed by atoms with Crippen LogP contribution in [0.5, 0.6) is 0 Å². The van der Waals surface area contributed by atoms with Gasteiger partial charge >= 0.3 is 6.03 Å². The normalized spacial score (nSPS) is 14.2. The highest BCUT2D eigenvalue weighted by molar-refractivity contribution is 6.31. The van der Waals surface area contributed by atoms with Crippen molar-refractivity contribution in [2.24, 2.45) is 0 Å². The number of halogens is 2. The molecule has 0 atom stereocenters. The molecule has 1 fully saturated rings. The van der Waals surface area contributed by atoms with E-state index in [4.69, 9.17) is 23.2 Å². The van der Waals surface area contributed by atoms with Crippen LogP contribution >= 0.6 is 23.2 Å². The van der Waals surface area contributed by atoms with Gasteiger partial charge in [0, 0.05) is 34.5 Å². The molecule has 0 aliphatic carbocycles. The van der Waals surface area contributed by atoms with Gasteiger partial charge in [0.05, 0.1) is 0 Å². The molecule has 0 saturated carbocycles. The second-order valence-corrected chi connectivity index (χ2v) is 6.26. The highest BCUT2D eigenvalue weighted by atomic mass is 35.5. The van der Waals surface area contributed by atoms with E-state index in [1.807, 2.05) is 6.07 Å². The molecule has 1 aliphatic heterocycles. The topological polar surface area (TPSA) is 52.7 Å². The largest absolute Gasteiger partial charge is 0.325 e. The Morgan fingerprint density at radius 1 is 1.04 bits per heavy atom. The molecule has 124 valence electrons. The summed E-state index contributed by atoms with van der Waals surface area (Å²) in [4.78, 5) is 27.7. The number of nitrogens with one attached hydrogen (secondary N) is 1. The Balaban J connectivity index is 1.61. The van der Waals surface area contributed by atoms with Crippen LogP contribution in [-0.4, -0.2) is 36.5 Å². The molecule has 3 amide bonds. The van der Waals surface area contributed by atoms with Gasteiger partial charge in [-0.15, -0.1) is 0 Å². The van der Waals surface area contributed by atoms with Crippen molar-refractivity contribution in [3.8, 4) is 0 Å². The van der Waals surface area contributed by atoms with Gasteiger partial charge in [0.25, 0.3) is 0 Å². The van der Waals surface area contributed by atoms with Crippen molar-refractivity contribution >= 4 is 46.5 Å². The van der Waals surface area contributed by atoms with Crippen molar-refractivity contribution in [3.63, 3.8) is 0 Å². The molecule has 2 aromatic rings. The molecule has 0 unspecified atom stereocenters. The quantitative estimate of drug-likeness (QED) is 0.895. The van der Waals surface area contributed by atoms with Crippen LogP contribution in [-0.2, 0) is 4.79 Å². The molecule has 24 heavy (non-hydrogen) atoms. The van der Waals surface area contributed by atoms with Crippen molar-refractivity contribution < 1.29 is 9.59 Å². The van der Waals surface area contributed by atoms with Gasteiger partial charge < -0.3 is 10.2 Å². The smallest absolute Gasteiger partial charge is 0.325 e. The SMILES string of the molecule is O=C(CN1CCN(c2cccc(Cl)c2)C1=O)Nc1ccc(Cl)cc1. The van der Waals surface area contributed by atoms with E-state index >= 15 is 0 Å². The summed E-state index contributed by atoms with van der Waals surface area (Å²) in [6.07, 6.45) is 0. The van der Waals surface area contributed by atoms with Crippen LogP contribution in [0, 0.1) is 0 Å². The number of rotatable bonds is 4. The Morgan fingerprint density at radius 3 is 2.50 bits per heavy atom. The highest BCUT2D eigenvalue weighted by Crippen LogP contribution is 2.23. The molecule has 1 heterocycles. The lowest BCUT2D eigenvalue weighted by Gasteiger charge is -2.18. The zero-order valence-electron chi connectivity index (χ0n) is 12.7. The monoisotopic (exact) mass is 363 g/mol. The molecule has 0 radical (unpaired) electrons. The fourth-order valence-electron chi connectivity index (χ4n) is 2.52. The molecule has 1 aliphatic rings. The second kappa shape index (κ2) is 7.11. The van der Waals surface area contributed by atoms with E-state index in [2.05, 4.69) is 5.32 Å². The number of hydrogen-bond acceptors (Lipinski definition) is 2. The Morgan fingerprint density at radius 2 is 1.79 bits per heavy atom. The van der Waals surface area contributed by atoms with E-state index in [9.17, 15) is 9.59 Å². The van der Waals surface area contributed by atoms with Gasteiger partial charge in [-0.2, -0.15) is 0 Å². The first-order chi connectivity index (χ1) is 11.5. The predicted octanol–water partition coefficient (Wildman–Crippen LogP) is 3.87. The van der Waals surface area contributed by atoms with Gasteiger partial charge in [-0.3, -0.25) is 9.69 Å². The summed E-state index contributed by atoms with van der Waals surface area (Å²) in [5, 5.41) is 3.92. The third kappa shape index (κ3) is 3.80. The van der Waals surface area contributed by atoms with Crippen LogP contribution in [0.3, 0.4) is 0 Å². The van der Waals surface area contributed by atoms with Gasteiger partial charge in [-0.1, -0.05) is 29.3 Å². The zero-order valence-corrected chi connectivity index (χ0v) is 14.2. The van der Waals surface area contributed by atoms with Gasteiger partial charge in [0.15, 0.2) is 0 Å². The molecular weight excluding hydrogens is 349 g/mol. The number of nitrogens with zero attached hydrogens (tertiary/aromatic N) is 2. The lowest BCUT2D eigenvalue weighted by atomic mass is 10.3. The molecule has 0 bridgehead atoms. The Labute approximate surface area is 149 Å². The molecule has 3 rings (SSSR count). The van der Waals surface area contributed by atoms with Crippen LogP contribution in [0.15, 0.2) is 48.5 Å². The van der Waals surface area contributed by atoms with E-state index in [0.717, 1.165) is 5.69 Å². The lowest BCUT2D eigenvalue weighted by molar-refractivity contribution is -0.116. The number of carbonyl (C=O) groups is 2. The fraction of sp³-hybridized carbons (Fsp3) is 0.176. The number of hydrogen-bond donors (Lipinski definition) is 1. The van der Waals surface area contributed by atoms with E-state index in [0.29, 0.717) is 28.8 Å². The third-order valence-electron chi connectivity index (χ3n) is 3.68. The van der Waals surface area contributed by atoms with Crippen molar-refractivity contribution in [1.82, 2.24) is 4.90 Å². The number of urea groups is 1. The molecule has 2 aromatic carbocycles. The maximum Gasteiger partial charge on any atom is 0.325 e. The standard InChI is InChI=1S/C17H15Cl2N3O2/c18-12-4-6-14(7-5-12)20-16(23)11-21-8-9-22(17(21)24)15-3-1-2-13(19)10-15/h1-7,10H,8-9,11H2,(H,20,23). The van der Waals surface area contributed by atoms with E-state index in [1.165, 1.54) is 4.90 Å². The summed E-state index contributed by atoms with van der Waals surface area (Å²) in [5.41, 5.74) is 1.37. The predicted molar refractivity (Wildman–Crippen MR) is 95.8 cm³/mol. The number of carbonyl (C=O) groups excluding carboxylic acids is 2. The highest BCUT2D eigenvalue weighted by Gasteiger charge is 2.30. The summed E-state index contributed by atoms with van der Waals surface area (Å²) in [6.45, 7) is 1.01.